The fraction of sp³-hybridized carbons (Fsp3) is 0.364. The number of hydrogen-bond donors (Lipinski definition) is 2. The van der Waals surface area contributed by atoms with Crippen LogP contribution in [0.3, 0.4) is 0 Å². The molecule has 1 unspecified atom stereocenters. The van der Waals surface area contributed by atoms with E-state index < -0.39 is 0 Å². The average Bonchev–Trinajstić information content (AvgIpc) is 2.66. The Hall–Kier alpha value is -1.55. The molecule has 1 aromatic carbocycles. The Labute approximate surface area is 89.1 Å². The number of aromatic nitrogens is 2. The Kier molecular flexibility index (Phi) is 2.60. The number of para-hydroxylation sites is 2. The number of nitrogens with two attached hydrogens (primary N) is 1. The third-order valence-electron chi connectivity index (χ3n) is 2.76. The zero-order valence-corrected chi connectivity index (χ0v) is 9.07. The largest absolute Gasteiger partial charge is 0.306 e. The lowest BCUT2D eigenvalue weighted by Gasteiger charge is -2.14. The first-order valence-corrected chi connectivity index (χ1v) is 5.21. The summed E-state index contributed by atoms with van der Waals surface area (Å²) in [5.74, 6) is 6.20. The molecular weight excluding hydrogens is 188 g/mol. The molecule has 0 spiro atoms. The number of fused-ring (bicyclic) bond motifs is 1. The molecule has 2 rings (SSSR count). The summed E-state index contributed by atoms with van der Waals surface area (Å²) in [6.07, 6.45) is 1.05. The first-order chi connectivity index (χ1) is 7.27. The Morgan fingerprint density at radius 2 is 2.20 bits per heavy atom. The molecular formula is C11H16N4. The zero-order chi connectivity index (χ0) is 10.8. The Bertz CT molecular complexity index is 461. The maximum absolute atomic E-state index is 5.47. The van der Waals surface area contributed by atoms with Gasteiger partial charge >= 0.3 is 0 Å². The standard InChI is InChI=1S/C11H16N4/c1-3-8(2)15-10-7-5-4-6-9(10)13-11(15)14-12/h4-8H,3,12H2,1-2H3,(H,13,14). The summed E-state index contributed by atoms with van der Waals surface area (Å²) in [5, 5.41) is 0. The second-order valence-corrected chi connectivity index (χ2v) is 3.70. The predicted octanol–water partition coefficient (Wildman–Crippen LogP) is 2.29. The molecule has 2 aromatic rings. The molecule has 1 atom stereocenters. The van der Waals surface area contributed by atoms with Crippen molar-refractivity contribution in [3.8, 4) is 0 Å². The number of rotatable bonds is 3. The van der Waals surface area contributed by atoms with E-state index in [9.17, 15) is 0 Å². The van der Waals surface area contributed by atoms with Gasteiger partial charge in [-0.2, -0.15) is 0 Å². The molecule has 3 N–H and O–H groups in total. The molecule has 1 aromatic heterocycles. The van der Waals surface area contributed by atoms with Gasteiger partial charge in [0.25, 0.3) is 0 Å². The number of imidazole rings is 1. The number of benzene rings is 1. The molecule has 0 saturated heterocycles. The molecule has 80 valence electrons. The smallest absolute Gasteiger partial charge is 0.218 e. The Balaban J connectivity index is 2.66. The molecule has 1 heterocycles. The summed E-state index contributed by atoms with van der Waals surface area (Å²) < 4.78 is 2.13. The monoisotopic (exact) mass is 204 g/mol. The van der Waals surface area contributed by atoms with Crippen LogP contribution in [-0.4, -0.2) is 9.55 Å². The lowest BCUT2D eigenvalue weighted by Crippen LogP contribution is -2.15. The Morgan fingerprint density at radius 3 is 2.87 bits per heavy atom. The summed E-state index contributed by atoms with van der Waals surface area (Å²) in [5.41, 5.74) is 4.75. The molecule has 0 radical (unpaired) electrons. The van der Waals surface area contributed by atoms with Crippen molar-refractivity contribution in [2.75, 3.05) is 5.43 Å². The molecule has 0 bridgehead atoms. The number of anilines is 1. The maximum atomic E-state index is 5.47. The van der Waals surface area contributed by atoms with Crippen molar-refractivity contribution < 1.29 is 0 Å². The number of nitrogens with one attached hydrogen (secondary N) is 1. The third kappa shape index (κ3) is 1.57. The number of nitrogens with zero attached hydrogens (tertiary/aromatic N) is 2. The van der Waals surface area contributed by atoms with E-state index in [0.29, 0.717) is 6.04 Å². The van der Waals surface area contributed by atoms with Gasteiger partial charge < -0.3 is 4.57 Å². The van der Waals surface area contributed by atoms with Crippen molar-refractivity contribution in [1.82, 2.24) is 9.55 Å². The van der Waals surface area contributed by atoms with Gasteiger partial charge in [0.1, 0.15) is 0 Å². The quantitative estimate of drug-likeness (QED) is 0.595. The second kappa shape index (κ2) is 3.90. The van der Waals surface area contributed by atoms with Gasteiger partial charge in [-0.1, -0.05) is 19.1 Å². The van der Waals surface area contributed by atoms with E-state index in [1.165, 1.54) is 0 Å². The van der Waals surface area contributed by atoms with Crippen LogP contribution in [-0.2, 0) is 0 Å². The van der Waals surface area contributed by atoms with Crippen LogP contribution in [0.4, 0.5) is 5.95 Å². The molecule has 0 saturated carbocycles. The molecule has 0 fully saturated rings. The van der Waals surface area contributed by atoms with Crippen LogP contribution in [0.25, 0.3) is 11.0 Å². The van der Waals surface area contributed by atoms with Gasteiger partial charge in [0.15, 0.2) is 0 Å². The third-order valence-corrected chi connectivity index (χ3v) is 2.76. The molecule has 15 heavy (non-hydrogen) atoms. The van der Waals surface area contributed by atoms with Gasteiger partial charge in [-0.15, -0.1) is 0 Å². The molecule has 0 aliphatic rings. The lowest BCUT2D eigenvalue weighted by molar-refractivity contribution is 0.549. The van der Waals surface area contributed by atoms with Gasteiger partial charge in [0.05, 0.1) is 11.0 Å². The van der Waals surface area contributed by atoms with E-state index in [-0.39, 0.29) is 0 Å². The van der Waals surface area contributed by atoms with Gasteiger partial charge in [-0.25, -0.2) is 10.8 Å². The molecule has 4 heteroatoms. The number of hydrogen-bond acceptors (Lipinski definition) is 3. The van der Waals surface area contributed by atoms with E-state index >= 15 is 0 Å². The Morgan fingerprint density at radius 1 is 1.47 bits per heavy atom. The normalized spacial score (nSPS) is 13.0. The topological polar surface area (TPSA) is 55.9 Å². The van der Waals surface area contributed by atoms with E-state index in [1.807, 2.05) is 18.2 Å². The van der Waals surface area contributed by atoms with Crippen molar-refractivity contribution in [1.29, 1.82) is 0 Å². The minimum Gasteiger partial charge on any atom is -0.306 e. The summed E-state index contributed by atoms with van der Waals surface area (Å²) >= 11 is 0. The highest BCUT2D eigenvalue weighted by molar-refractivity contribution is 5.78. The number of hydrazine groups is 1. The highest BCUT2D eigenvalue weighted by atomic mass is 15.3. The van der Waals surface area contributed by atoms with E-state index in [1.54, 1.807) is 0 Å². The second-order valence-electron chi connectivity index (χ2n) is 3.70. The average molecular weight is 204 g/mol. The van der Waals surface area contributed by atoms with Crippen LogP contribution in [0.15, 0.2) is 24.3 Å². The van der Waals surface area contributed by atoms with Crippen LogP contribution in [0.1, 0.15) is 26.3 Å². The first kappa shape index (κ1) is 9.98. The highest BCUT2D eigenvalue weighted by Crippen LogP contribution is 2.25. The van der Waals surface area contributed by atoms with E-state index in [4.69, 9.17) is 5.84 Å². The summed E-state index contributed by atoms with van der Waals surface area (Å²) in [4.78, 5) is 4.43. The number of nitrogen functional groups attached to an aromatic ring is 1. The molecule has 0 amide bonds. The molecule has 0 aliphatic carbocycles. The van der Waals surface area contributed by atoms with Gasteiger partial charge in [0.2, 0.25) is 5.95 Å². The highest BCUT2D eigenvalue weighted by Gasteiger charge is 2.12. The summed E-state index contributed by atoms with van der Waals surface area (Å²) in [6.45, 7) is 4.31. The molecule has 0 aliphatic heterocycles. The van der Waals surface area contributed by atoms with Gasteiger partial charge in [0, 0.05) is 6.04 Å². The first-order valence-electron chi connectivity index (χ1n) is 5.21. The van der Waals surface area contributed by atoms with Crippen LogP contribution >= 0.6 is 0 Å². The minimum atomic E-state index is 0.392. The van der Waals surface area contributed by atoms with Crippen molar-refractivity contribution >= 4 is 17.0 Å². The minimum absolute atomic E-state index is 0.392. The predicted molar refractivity (Wildman–Crippen MR) is 62.5 cm³/mol. The molecule has 4 nitrogen and oxygen atoms in total. The summed E-state index contributed by atoms with van der Waals surface area (Å²) in [6, 6.07) is 8.45. The van der Waals surface area contributed by atoms with Crippen LogP contribution in [0, 0.1) is 0 Å². The zero-order valence-electron chi connectivity index (χ0n) is 9.07. The van der Waals surface area contributed by atoms with Crippen molar-refractivity contribution in [2.24, 2.45) is 5.84 Å². The fourth-order valence-electron chi connectivity index (χ4n) is 1.78. The van der Waals surface area contributed by atoms with Gasteiger partial charge in [-0.05, 0) is 25.5 Å². The van der Waals surface area contributed by atoms with Crippen molar-refractivity contribution in [3.63, 3.8) is 0 Å². The van der Waals surface area contributed by atoms with Crippen LogP contribution in [0.5, 0.6) is 0 Å². The van der Waals surface area contributed by atoms with Crippen LogP contribution in [0.2, 0.25) is 0 Å². The van der Waals surface area contributed by atoms with E-state index in [0.717, 1.165) is 23.4 Å². The van der Waals surface area contributed by atoms with Crippen molar-refractivity contribution in [2.45, 2.75) is 26.3 Å². The maximum Gasteiger partial charge on any atom is 0.218 e. The summed E-state index contributed by atoms with van der Waals surface area (Å²) in [7, 11) is 0. The van der Waals surface area contributed by atoms with Gasteiger partial charge in [-0.3, -0.25) is 5.43 Å². The van der Waals surface area contributed by atoms with E-state index in [2.05, 4.69) is 34.9 Å². The lowest BCUT2D eigenvalue weighted by atomic mass is 10.2. The van der Waals surface area contributed by atoms with Crippen LogP contribution < -0.4 is 11.3 Å². The van der Waals surface area contributed by atoms with Crippen molar-refractivity contribution in [3.05, 3.63) is 24.3 Å². The SMILES string of the molecule is CCC(C)n1c(NN)nc2ccccc21. The fourth-order valence-corrected chi connectivity index (χ4v) is 1.78.